The minimum absolute atomic E-state index is 0.157. The monoisotopic (exact) mass is 387 g/mol. The number of para-hydroxylation sites is 1. The molecule has 126 valence electrons. The molecule has 0 spiro atoms. The lowest BCUT2D eigenvalue weighted by molar-refractivity contribution is -0.113. The van der Waals surface area contributed by atoms with Crippen LogP contribution < -0.4 is 9.64 Å². The van der Waals surface area contributed by atoms with Crippen LogP contribution in [0.15, 0.2) is 66.1 Å². The molecule has 0 unspecified atom stereocenters. The van der Waals surface area contributed by atoms with Gasteiger partial charge in [-0.15, -0.1) is 0 Å². The Hall–Kier alpha value is -2.08. The zero-order chi connectivity index (χ0) is 17.8. The third-order valence-corrected chi connectivity index (χ3v) is 4.99. The van der Waals surface area contributed by atoms with E-state index in [0.717, 1.165) is 5.56 Å². The SMILES string of the molecule is C=CCOc1ccccc1/C=C1/SC(=S)N(c2ccc(Cl)cc2)C1=O. The Labute approximate surface area is 160 Å². The summed E-state index contributed by atoms with van der Waals surface area (Å²) in [4.78, 5) is 14.9. The van der Waals surface area contributed by atoms with Crippen molar-refractivity contribution in [2.75, 3.05) is 11.5 Å². The van der Waals surface area contributed by atoms with Gasteiger partial charge in [-0.3, -0.25) is 9.69 Å². The highest BCUT2D eigenvalue weighted by atomic mass is 35.5. The lowest BCUT2D eigenvalue weighted by Gasteiger charge is -2.14. The first-order valence-corrected chi connectivity index (χ1v) is 9.06. The van der Waals surface area contributed by atoms with Gasteiger partial charge in [0.15, 0.2) is 4.32 Å². The van der Waals surface area contributed by atoms with Crippen LogP contribution in [0.3, 0.4) is 0 Å². The fraction of sp³-hybridized carbons (Fsp3) is 0.0526. The Balaban J connectivity index is 1.91. The van der Waals surface area contributed by atoms with E-state index in [-0.39, 0.29) is 5.91 Å². The molecule has 1 aliphatic heterocycles. The van der Waals surface area contributed by atoms with Gasteiger partial charge >= 0.3 is 0 Å². The fourth-order valence-corrected chi connectivity index (χ4v) is 3.72. The number of hydrogen-bond acceptors (Lipinski definition) is 4. The van der Waals surface area contributed by atoms with Crippen LogP contribution in [-0.4, -0.2) is 16.8 Å². The number of nitrogens with zero attached hydrogens (tertiary/aromatic N) is 1. The minimum Gasteiger partial charge on any atom is -0.489 e. The molecule has 1 aliphatic rings. The molecular weight excluding hydrogens is 374 g/mol. The lowest BCUT2D eigenvalue weighted by atomic mass is 10.2. The van der Waals surface area contributed by atoms with Crippen LogP contribution in [0.1, 0.15) is 5.56 Å². The van der Waals surface area contributed by atoms with Crippen molar-refractivity contribution in [1.82, 2.24) is 0 Å². The molecule has 0 bridgehead atoms. The van der Waals surface area contributed by atoms with Crippen molar-refractivity contribution in [1.29, 1.82) is 0 Å². The predicted octanol–water partition coefficient (Wildman–Crippen LogP) is 5.31. The normalized spacial score (nSPS) is 15.7. The van der Waals surface area contributed by atoms with Gasteiger partial charge in [0.2, 0.25) is 0 Å². The van der Waals surface area contributed by atoms with Crippen molar-refractivity contribution >= 4 is 57.6 Å². The molecule has 1 fully saturated rings. The van der Waals surface area contributed by atoms with Gasteiger partial charge in [-0.05, 0) is 36.4 Å². The molecule has 0 aliphatic carbocycles. The van der Waals surface area contributed by atoms with E-state index in [2.05, 4.69) is 6.58 Å². The molecule has 0 atom stereocenters. The summed E-state index contributed by atoms with van der Waals surface area (Å²) in [7, 11) is 0. The molecule has 2 aromatic rings. The van der Waals surface area contributed by atoms with Crippen LogP contribution in [0.25, 0.3) is 6.08 Å². The number of ether oxygens (including phenoxy) is 1. The van der Waals surface area contributed by atoms with E-state index in [9.17, 15) is 4.79 Å². The molecule has 3 nitrogen and oxygen atoms in total. The Kier molecular flexibility index (Phi) is 5.58. The largest absolute Gasteiger partial charge is 0.489 e. The van der Waals surface area contributed by atoms with Crippen molar-refractivity contribution in [3.63, 3.8) is 0 Å². The zero-order valence-corrected chi connectivity index (χ0v) is 15.5. The van der Waals surface area contributed by atoms with Gasteiger partial charge in [0.1, 0.15) is 12.4 Å². The number of halogens is 1. The highest BCUT2D eigenvalue weighted by Crippen LogP contribution is 2.37. The number of carbonyl (C=O) groups excluding carboxylic acids is 1. The molecule has 0 radical (unpaired) electrons. The maximum Gasteiger partial charge on any atom is 0.270 e. The number of thiocarbonyl (C=S) groups is 1. The van der Waals surface area contributed by atoms with Crippen LogP contribution in [0.4, 0.5) is 5.69 Å². The van der Waals surface area contributed by atoms with E-state index in [1.54, 1.807) is 36.4 Å². The van der Waals surface area contributed by atoms with Crippen LogP contribution in [-0.2, 0) is 4.79 Å². The van der Waals surface area contributed by atoms with Crippen LogP contribution in [0.2, 0.25) is 5.02 Å². The average molecular weight is 388 g/mol. The summed E-state index contributed by atoms with van der Waals surface area (Å²) < 4.78 is 6.13. The summed E-state index contributed by atoms with van der Waals surface area (Å²) in [6.07, 6.45) is 3.48. The smallest absolute Gasteiger partial charge is 0.270 e. The van der Waals surface area contributed by atoms with E-state index in [0.29, 0.717) is 32.3 Å². The summed E-state index contributed by atoms with van der Waals surface area (Å²) in [5.74, 6) is 0.537. The highest BCUT2D eigenvalue weighted by Gasteiger charge is 2.33. The Bertz CT molecular complexity index is 862. The Morgan fingerprint density at radius 2 is 1.92 bits per heavy atom. The van der Waals surface area contributed by atoms with E-state index in [1.807, 2.05) is 24.3 Å². The van der Waals surface area contributed by atoms with E-state index in [4.69, 9.17) is 28.6 Å². The summed E-state index contributed by atoms with van der Waals surface area (Å²) in [6, 6.07) is 14.5. The standard InChI is InChI=1S/C19H14ClNO2S2/c1-2-11-23-16-6-4-3-5-13(16)12-17-18(22)21(19(24)25-17)15-9-7-14(20)8-10-15/h2-10,12H,1,11H2/b17-12+. The molecule has 0 N–H and O–H groups in total. The number of benzene rings is 2. The summed E-state index contributed by atoms with van der Waals surface area (Å²) in [6.45, 7) is 4.05. The van der Waals surface area contributed by atoms with Crippen molar-refractivity contribution in [2.24, 2.45) is 0 Å². The molecule has 3 rings (SSSR count). The first-order chi connectivity index (χ1) is 12.1. The highest BCUT2D eigenvalue weighted by molar-refractivity contribution is 8.27. The first kappa shape index (κ1) is 17.7. The quantitative estimate of drug-likeness (QED) is 0.395. The summed E-state index contributed by atoms with van der Waals surface area (Å²) >= 11 is 12.6. The predicted molar refractivity (Wildman–Crippen MR) is 109 cm³/mol. The maximum absolute atomic E-state index is 12.8. The van der Waals surface area contributed by atoms with Crippen LogP contribution in [0.5, 0.6) is 5.75 Å². The summed E-state index contributed by atoms with van der Waals surface area (Å²) in [5.41, 5.74) is 1.52. The van der Waals surface area contributed by atoms with Crippen LogP contribution in [0, 0.1) is 0 Å². The Morgan fingerprint density at radius 1 is 1.20 bits per heavy atom. The van der Waals surface area contributed by atoms with E-state index < -0.39 is 0 Å². The Morgan fingerprint density at radius 3 is 2.64 bits per heavy atom. The molecule has 1 heterocycles. The van der Waals surface area contributed by atoms with Gasteiger partial charge in [-0.1, -0.05) is 66.4 Å². The van der Waals surface area contributed by atoms with E-state index in [1.165, 1.54) is 16.7 Å². The molecule has 6 heteroatoms. The minimum atomic E-state index is -0.157. The van der Waals surface area contributed by atoms with Crippen molar-refractivity contribution in [3.8, 4) is 5.75 Å². The van der Waals surface area contributed by atoms with Gasteiger partial charge in [0.25, 0.3) is 5.91 Å². The fourth-order valence-electron chi connectivity index (χ4n) is 2.30. The van der Waals surface area contributed by atoms with Gasteiger partial charge in [-0.2, -0.15) is 0 Å². The molecule has 1 amide bonds. The lowest BCUT2D eigenvalue weighted by Crippen LogP contribution is -2.27. The van der Waals surface area contributed by atoms with Crippen molar-refractivity contribution < 1.29 is 9.53 Å². The topological polar surface area (TPSA) is 29.5 Å². The number of hydrogen-bond donors (Lipinski definition) is 0. The van der Waals surface area contributed by atoms with Crippen molar-refractivity contribution in [2.45, 2.75) is 0 Å². The number of anilines is 1. The second kappa shape index (κ2) is 7.87. The summed E-state index contributed by atoms with van der Waals surface area (Å²) in [5, 5.41) is 0.609. The molecule has 25 heavy (non-hydrogen) atoms. The number of amides is 1. The second-order valence-corrected chi connectivity index (χ2v) is 7.24. The third-order valence-electron chi connectivity index (χ3n) is 3.44. The molecular formula is C19H14ClNO2S2. The van der Waals surface area contributed by atoms with Gasteiger partial charge in [0.05, 0.1) is 10.6 Å². The van der Waals surface area contributed by atoms with Gasteiger partial charge in [-0.25, -0.2) is 0 Å². The average Bonchev–Trinajstić information content (AvgIpc) is 2.89. The van der Waals surface area contributed by atoms with Crippen LogP contribution >= 0.6 is 35.6 Å². The number of thioether (sulfide) groups is 1. The maximum atomic E-state index is 12.8. The molecule has 0 saturated carbocycles. The molecule has 1 saturated heterocycles. The van der Waals surface area contributed by atoms with Gasteiger partial charge < -0.3 is 4.74 Å². The zero-order valence-electron chi connectivity index (χ0n) is 13.1. The van der Waals surface area contributed by atoms with Crippen molar-refractivity contribution in [3.05, 3.63) is 76.7 Å². The van der Waals surface area contributed by atoms with Gasteiger partial charge in [0, 0.05) is 10.6 Å². The van der Waals surface area contributed by atoms with E-state index >= 15 is 0 Å². The number of rotatable bonds is 5. The molecule has 2 aromatic carbocycles. The molecule has 0 aromatic heterocycles. The number of carbonyl (C=O) groups is 1. The third kappa shape index (κ3) is 3.95. The first-order valence-electron chi connectivity index (χ1n) is 7.46. The second-order valence-electron chi connectivity index (χ2n) is 5.13.